The number of amides is 1. The number of furan rings is 1. The molecule has 4 nitrogen and oxygen atoms in total. The minimum atomic E-state index is -0.343. The number of aromatic nitrogens is 1. The molecule has 0 aliphatic heterocycles. The van der Waals surface area contributed by atoms with Crippen molar-refractivity contribution < 1.29 is 13.6 Å². The molecular weight excluding hydrogens is 271 g/mol. The molecule has 108 valence electrons. The third kappa shape index (κ3) is 2.31. The quantitative estimate of drug-likeness (QED) is 0.797. The lowest BCUT2D eigenvalue weighted by molar-refractivity contribution is 0.0721. The zero-order chi connectivity index (χ0) is 15.0. The molecule has 1 N–H and O–H groups in total. The van der Waals surface area contributed by atoms with Crippen LogP contribution >= 0.6 is 0 Å². The Morgan fingerprint density at radius 1 is 1.33 bits per heavy atom. The van der Waals surface area contributed by atoms with Crippen molar-refractivity contribution in [1.82, 2.24) is 9.88 Å². The monoisotopic (exact) mass is 286 g/mol. The molecule has 0 spiro atoms. The van der Waals surface area contributed by atoms with Crippen molar-refractivity contribution in [3.05, 3.63) is 59.9 Å². The average molecular weight is 286 g/mol. The Balaban J connectivity index is 1.91. The molecule has 3 rings (SSSR count). The van der Waals surface area contributed by atoms with Crippen LogP contribution in [0.5, 0.6) is 0 Å². The van der Waals surface area contributed by atoms with Crippen molar-refractivity contribution in [2.24, 2.45) is 0 Å². The van der Waals surface area contributed by atoms with Crippen LogP contribution in [0.25, 0.3) is 10.9 Å². The van der Waals surface area contributed by atoms with Gasteiger partial charge >= 0.3 is 0 Å². The smallest absolute Gasteiger partial charge is 0.270 e. The van der Waals surface area contributed by atoms with Gasteiger partial charge in [-0.1, -0.05) is 6.07 Å². The maximum atomic E-state index is 13.7. The molecular formula is C16H15FN2O2. The minimum absolute atomic E-state index is 0.205. The molecule has 0 aliphatic carbocycles. The number of rotatable bonds is 3. The van der Waals surface area contributed by atoms with Gasteiger partial charge in [-0.25, -0.2) is 4.39 Å². The van der Waals surface area contributed by atoms with Gasteiger partial charge in [-0.3, -0.25) is 4.79 Å². The van der Waals surface area contributed by atoms with Gasteiger partial charge in [0.05, 0.1) is 12.3 Å². The van der Waals surface area contributed by atoms with E-state index in [0.717, 1.165) is 0 Å². The molecule has 0 radical (unpaired) electrons. The van der Waals surface area contributed by atoms with E-state index < -0.39 is 0 Å². The highest BCUT2D eigenvalue weighted by molar-refractivity contribution is 5.98. The summed E-state index contributed by atoms with van der Waals surface area (Å²) in [5, 5.41) is 0.417. The van der Waals surface area contributed by atoms with E-state index in [1.165, 1.54) is 6.07 Å². The van der Waals surface area contributed by atoms with E-state index in [1.807, 2.05) is 13.0 Å². The highest BCUT2D eigenvalue weighted by Gasteiger charge is 2.22. The molecule has 1 unspecified atom stereocenters. The van der Waals surface area contributed by atoms with Gasteiger partial charge in [0.2, 0.25) is 0 Å². The van der Waals surface area contributed by atoms with E-state index in [1.54, 1.807) is 42.5 Å². The SMILES string of the molecule is CC(c1ccco1)N(C)C(=O)c1cc2c(F)cccc2[nH]1. The lowest BCUT2D eigenvalue weighted by atomic mass is 10.2. The lowest BCUT2D eigenvalue weighted by Crippen LogP contribution is -2.29. The second-order valence-corrected chi connectivity index (χ2v) is 4.99. The van der Waals surface area contributed by atoms with Crippen LogP contribution in [-0.4, -0.2) is 22.8 Å². The Morgan fingerprint density at radius 2 is 2.14 bits per heavy atom. The van der Waals surface area contributed by atoms with Crippen LogP contribution in [0.1, 0.15) is 29.2 Å². The number of nitrogens with one attached hydrogen (secondary N) is 1. The highest BCUT2D eigenvalue weighted by Crippen LogP contribution is 2.23. The molecule has 1 aromatic carbocycles. The van der Waals surface area contributed by atoms with Crippen LogP contribution in [0.4, 0.5) is 4.39 Å². The molecule has 2 aromatic heterocycles. The molecule has 1 atom stereocenters. The number of halogens is 1. The van der Waals surface area contributed by atoms with Crippen molar-refractivity contribution in [3.8, 4) is 0 Å². The Kier molecular flexibility index (Phi) is 3.25. The number of carbonyl (C=O) groups is 1. The second kappa shape index (κ2) is 5.09. The summed E-state index contributed by atoms with van der Waals surface area (Å²) in [4.78, 5) is 17.0. The number of hydrogen-bond acceptors (Lipinski definition) is 2. The third-order valence-corrected chi connectivity index (χ3v) is 3.70. The molecule has 3 aromatic rings. The number of aromatic amines is 1. The molecule has 0 bridgehead atoms. The summed E-state index contributed by atoms with van der Waals surface area (Å²) < 4.78 is 19.0. The molecule has 0 saturated heterocycles. The van der Waals surface area contributed by atoms with E-state index in [0.29, 0.717) is 22.4 Å². The summed E-state index contributed by atoms with van der Waals surface area (Å²) in [6.07, 6.45) is 1.57. The summed E-state index contributed by atoms with van der Waals surface area (Å²) >= 11 is 0. The maximum absolute atomic E-state index is 13.7. The first-order chi connectivity index (χ1) is 10.1. The van der Waals surface area contributed by atoms with Crippen LogP contribution < -0.4 is 0 Å². The van der Waals surface area contributed by atoms with Gasteiger partial charge in [-0.05, 0) is 37.3 Å². The van der Waals surface area contributed by atoms with Crippen LogP contribution in [0.15, 0.2) is 47.1 Å². The molecule has 1 amide bonds. The fourth-order valence-electron chi connectivity index (χ4n) is 2.32. The summed E-state index contributed by atoms with van der Waals surface area (Å²) in [6.45, 7) is 1.87. The molecule has 21 heavy (non-hydrogen) atoms. The van der Waals surface area contributed by atoms with Crippen LogP contribution in [0.2, 0.25) is 0 Å². The largest absolute Gasteiger partial charge is 0.467 e. The van der Waals surface area contributed by atoms with Crippen LogP contribution in [-0.2, 0) is 0 Å². The number of H-pyrrole nitrogens is 1. The minimum Gasteiger partial charge on any atom is -0.467 e. The highest BCUT2D eigenvalue weighted by atomic mass is 19.1. The predicted molar refractivity (Wildman–Crippen MR) is 77.5 cm³/mol. The fourth-order valence-corrected chi connectivity index (χ4v) is 2.32. The number of nitrogens with zero attached hydrogens (tertiary/aromatic N) is 1. The van der Waals surface area contributed by atoms with Gasteiger partial charge in [0.1, 0.15) is 17.3 Å². The summed E-state index contributed by atoms with van der Waals surface area (Å²) in [6, 6.07) is 9.66. The zero-order valence-electron chi connectivity index (χ0n) is 11.8. The number of fused-ring (bicyclic) bond motifs is 1. The first-order valence-electron chi connectivity index (χ1n) is 6.65. The van der Waals surface area contributed by atoms with E-state index in [-0.39, 0.29) is 17.8 Å². The van der Waals surface area contributed by atoms with Crippen molar-refractivity contribution in [1.29, 1.82) is 0 Å². The van der Waals surface area contributed by atoms with Crippen molar-refractivity contribution >= 4 is 16.8 Å². The second-order valence-electron chi connectivity index (χ2n) is 4.99. The van der Waals surface area contributed by atoms with E-state index in [4.69, 9.17) is 4.42 Å². The van der Waals surface area contributed by atoms with Gasteiger partial charge in [0.25, 0.3) is 5.91 Å². The van der Waals surface area contributed by atoms with Gasteiger partial charge in [0, 0.05) is 18.0 Å². The molecule has 0 aliphatic rings. The number of carbonyl (C=O) groups excluding carboxylic acids is 1. The Morgan fingerprint density at radius 3 is 2.81 bits per heavy atom. The van der Waals surface area contributed by atoms with Crippen LogP contribution in [0.3, 0.4) is 0 Å². The van der Waals surface area contributed by atoms with E-state index in [2.05, 4.69) is 4.98 Å². The number of benzene rings is 1. The Hall–Kier alpha value is -2.56. The molecule has 5 heteroatoms. The van der Waals surface area contributed by atoms with Gasteiger partial charge in [0.15, 0.2) is 0 Å². The summed E-state index contributed by atoms with van der Waals surface area (Å²) in [5.41, 5.74) is 0.966. The first kappa shape index (κ1) is 13.4. The van der Waals surface area contributed by atoms with Crippen molar-refractivity contribution in [3.63, 3.8) is 0 Å². The zero-order valence-corrected chi connectivity index (χ0v) is 11.8. The third-order valence-electron chi connectivity index (χ3n) is 3.70. The summed E-state index contributed by atoms with van der Waals surface area (Å²) in [7, 11) is 1.69. The van der Waals surface area contributed by atoms with E-state index in [9.17, 15) is 9.18 Å². The Bertz CT molecular complexity index is 777. The van der Waals surface area contributed by atoms with E-state index >= 15 is 0 Å². The number of hydrogen-bond donors (Lipinski definition) is 1. The normalized spacial score (nSPS) is 12.5. The maximum Gasteiger partial charge on any atom is 0.270 e. The van der Waals surface area contributed by atoms with Crippen molar-refractivity contribution in [2.75, 3.05) is 7.05 Å². The molecule has 0 saturated carbocycles. The standard InChI is InChI=1S/C16H15FN2O2/c1-10(15-7-4-8-21-15)19(2)16(20)14-9-11-12(17)5-3-6-13(11)18-14/h3-10,18H,1-2H3. The lowest BCUT2D eigenvalue weighted by Gasteiger charge is -2.22. The van der Waals surface area contributed by atoms with Crippen molar-refractivity contribution in [2.45, 2.75) is 13.0 Å². The Labute approximate surface area is 121 Å². The predicted octanol–water partition coefficient (Wildman–Crippen LogP) is 3.73. The van der Waals surface area contributed by atoms with Gasteiger partial charge in [-0.15, -0.1) is 0 Å². The topological polar surface area (TPSA) is 49.2 Å². The molecule has 2 heterocycles. The van der Waals surface area contributed by atoms with Gasteiger partial charge < -0.3 is 14.3 Å². The average Bonchev–Trinajstić information content (AvgIpc) is 3.14. The molecule has 0 fully saturated rings. The van der Waals surface area contributed by atoms with Gasteiger partial charge in [-0.2, -0.15) is 0 Å². The first-order valence-corrected chi connectivity index (χ1v) is 6.65. The van der Waals surface area contributed by atoms with Crippen LogP contribution in [0, 0.1) is 5.82 Å². The summed E-state index contributed by atoms with van der Waals surface area (Å²) in [5.74, 6) is 0.146. The fraction of sp³-hybridized carbons (Fsp3) is 0.188.